The summed E-state index contributed by atoms with van der Waals surface area (Å²) in [6.07, 6.45) is 2.71. The fourth-order valence-corrected chi connectivity index (χ4v) is 5.40. The summed E-state index contributed by atoms with van der Waals surface area (Å²) in [4.78, 5) is 13.3. The first-order chi connectivity index (χ1) is 10.1. The van der Waals surface area contributed by atoms with Gasteiger partial charge in [0, 0.05) is 20.0 Å². The Bertz CT molecular complexity index is 662. The largest absolute Gasteiger partial charge is 0.293 e. The van der Waals surface area contributed by atoms with Crippen LogP contribution in [0, 0.1) is 9.49 Å². The van der Waals surface area contributed by atoms with Gasteiger partial charge in [0.25, 0.3) is 0 Å². The highest BCUT2D eigenvalue weighted by Crippen LogP contribution is 2.49. The summed E-state index contributed by atoms with van der Waals surface area (Å²) >= 11 is 16.3. The third-order valence-electron chi connectivity index (χ3n) is 4.11. The predicted octanol–water partition coefficient (Wildman–Crippen LogP) is 6.43. The molecule has 2 atom stereocenters. The normalized spacial score (nSPS) is 21.1. The van der Waals surface area contributed by atoms with Crippen LogP contribution in [-0.4, -0.2) is 5.78 Å². The highest BCUT2D eigenvalue weighted by atomic mass is 127. The molecule has 0 saturated heterocycles. The molecule has 0 unspecified atom stereocenters. The Morgan fingerprint density at radius 3 is 2.48 bits per heavy atom. The second-order valence-corrected chi connectivity index (χ2v) is 8.20. The van der Waals surface area contributed by atoms with E-state index in [1.165, 1.54) is 11.3 Å². The summed E-state index contributed by atoms with van der Waals surface area (Å²) in [7, 11) is 0. The number of carbonyl (C=O) groups is 1. The van der Waals surface area contributed by atoms with Gasteiger partial charge in [0.1, 0.15) is 0 Å². The highest BCUT2D eigenvalue weighted by molar-refractivity contribution is 14.1. The van der Waals surface area contributed by atoms with Gasteiger partial charge in [-0.3, -0.25) is 4.79 Å². The molecule has 5 heteroatoms. The molecule has 21 heavy (non-hydrogen) atoms. The van der Waals surface area contributed by atoms with E-state index in [1.54, 1.807) is 0 Å². The van der Waals surface area contributed by atoms with Crippen LogP contribution in [0.4, 0.5) is 0 Å². The van der Waals surface area contributed by atoms with E-state index in [0.29, 0.717) is 18.3 Å². The first kappa shape index (κ1) is 15.8. The molecular weight excluding hydrogens is 438 g/mol. The zero-order chi connectivity index (χ0) is 15.0. The average Bonchev–Trinajstić information content (AvgIpc) is 2.85. The minimum Gasteiger partial charge on any atom is -0.293 e. The maximum Gasteiger partial charge on any atom is 0.174 e. The van der Waals surface area contributed by atoms with Crippen LogP contribution in [0.3, 0.4) is 0 Å². The lowest BCUT2D eigenvalue weighted by atomic mass is 9.68. The van der Waals surface area contributed by atoms with Crippen LogP contribution in [0.1, 0.15) is 40.4 Å². The van der Waals surface area contributed by atoms with E-state index >= 15 is 0 Å². The Morgan fingerprint density at radius 1 is 1.24 bits per heavy atom. The van der Waals surface area contributed by atoms with Gasteiger partial charge in [-0.05, 0) is 76.4 Å². The zero-order valence-electron chi connectivity index (χ0n) is 11.1. The topological polar surface area (TPSA) is 17.1 Å². The lowest BCUT2D eigenvalue weighted by Gasteiger charge is -2.37. The van der Waals surface area contributed by atoms with Gasteiger partial charge in [0.15, 0.2) is 5.78 Å². The summed E-state index contributed by atoms with van der Waals surface area (Å²) in [5.41, 5.74) is 1.02. The molecule has 0 radical (unpaired) electrons. The molecule has 2 aromatic rings. The highest BCUT2D eigenvalue weighted by Gasteiger charge is 2.36. The number of hydrogen-bond acceptors (Lipinski definition) is 2. The Balaban J connectivity index is 1.76. The molecule has 3 rings (SSSR count). The third-order valence-corrected chi connectivity index (χ3v) is 6.99. The second-order valence-electron chi connectivity index (χ2n) is 5.30. The molecule has 1 aliphatic carbocycles. The van der Waals surface area contributed by atoms with Crippen molar-refractivity contribution in [3.05, 3.63) is 53.7 Å². The second kappa shape index (κ2) is 6.57. The third kappa shape index (κ3) is 3.16. The van der Waals surface area contributed by atoms with Crippen LogP contribution >= 0.6 is 57.1 Å². The zero-order valence-corrected chi connectivity index (χ0v) is 15.6. The van der Waals surface area contributed by atoms with E-state index in [-0.39, 0.29) is 5.78 Å². The maximum atomic E-state index is 12.4. The Labute approximate surface area is 151 Å². The van der Waals surface area contributed by atoms with Crippen molar-refractivity contribution in [1.29, 1.82) is 0 Å². The Morgan fingerprint density at radius 2 is 1.95 bits per heavy atom. The number of carbonyl (C=O) groups excluding carboxylic acids is 1. The molecule has 0 N–H and O–H groups in total. The van der Waals surface area contributed by atoms with Crippen LogP contribution in [0.5, 0.6) is 0 Å². The van der Waals surface area contributed by atoms with Crippen LogP contribution in [0.2, 0.25) is 10.0 Å². The van der Waals surface area contributed by atoms with Gasteiger partial charge in [0.2, 0.25) is 0 Å². The van der Waals surface area contributed by atoms with Gasteiger partial charge in [-0.2, -0.15) is 0 Å². The molecule has 110 valence electrons. The van der Waals surface area contributed by atoms with Crippen molar-refractivity contribution < 1.29 is 4.79 Å². The SMILES string of the molecule is O=C(C[C@@H]1CC[C@@H]1c1c(Cl)cccc1Cl)c1sccc1I. The van der Waals surface area contributed by atoms with E-state index < -0.39 is 0 Å². The minimum absolute atomic E-state index is 0.243. The number of thiophene rings is 1. The van der Waals surface area contributed by atoms with Crippen LogP contribution in [0.25, 0.3) is 0 Å². The van der Waals surface area contributed by atoms with Crippen LogP contribution in [-0.2, 0) is 0 Å². The van der Waals surface area contributed by atoms with Crippen molar-refractivity contribution in [2.45, 2.75) is 25.2 Å². The molecular formula is C16H13Cl2IOS. The van der Waals surface area contributed by atoms with Crippen molar-refractivity contribution in [2.75, 3.05) is 0 Å². The summed E-state index contributed by atoms with van der Waals surface area (Å²) < 4.78 is 1.05. The lowest BCUT2D eigenvalue weighted by Crippen LogP contribution is -2.27. The molecule has 0 bridgehead atoms. The molecule has 1 fully saturated rings. The molecule has 1 heterocycles. The summed E-state index contributed by atoms with van der Waals surface area (Å²) in [5, 5.41) is 3.41. The molecule has 0 spiro atoms. The molecule has 0 aliphatic heterocycles. The van der Waals surface area contributed by atoms with Gasteiger partial charge >= 0.3 is 0 Å². The maximum absolute atomic E-state index is 12.4. The van der Waals surface area contributed by atoms with Gasteiger partial charge < -0.3 is 0 Å². The van der Waals surface area contributed by atoms with Crippen molar-refractivity contribution in [3.63, 3.8) is 0 Å². The van der Waals surface area contributed by atoms with Crippen molar-refractivity contribution >= 4 is 62.9 Å². The van der Waals surface area contributed by atoms with E-state index in [0.717, 1.165) is 36.9 Å². The van der Waals surface area contributed by atoms with E-state index in [9.17, 15) is 4.79 Å². The lowest BCUT2D eigenvalue weighted by molar-refractivity contribution is 0.0922. The minimum atomic E-state index is 0.243. The molecule has 0 amide bonds. The van der Waals surface area contributed by atoms with Crippen molar-refractivity contribution in [3.8, 4) is 0 Å². The van der Waals surface area contributed by atoms with E-state index in [4.69, 9.17) is 23.2 Å². The fraction of sp³-hybridized carbons (Fsp3) is 0.312. The monoisotopic (exact) mass is 450 g/mol. The van der Waals surface area contributed by atoms with Crippen molar-refractivity contribution in [1.82, 2.24) is 0 Å². The van der Waals surface area contributed by atoms with E-state index in [1.807, 2.05) is 29.6 Å². The van der Waals surface area contributed by atoms with Crippen LogP contribution < -0.4 is 0 Å². The van der Waals surface area contributed by atoms with Gasteiger partial charge in [-0.25, -0.2) is 0 Å². The summed E-state index contributed by atoms with van der Waals surface area (Å²) in [6, 6.07) is 7.60. The molecule has 1 nitrogen and oxygen atoms in total. The fourth-order valence-electron chi connectivity index (χ4n) is 2.88. The first-order valence-corrected chi connectivity index (χ1v) is 9.49. The molecule has 1 aromatic heterocycles. The summed E-state index contributed by atoms with van der Waals surface area (Å²) in [5.74, 6) is 0.910. The summed E-state index contributed by atoms with van der Waals surface area (Å²) in [6.45, 7) is 0. The van der Waals surface area contributed by atoms with Gasteiger partial charge in [-0.1, -0.05) is 29.3 Å². The predicted molar refractivity (Wildman–Crippen MR) is 97.9 cm³/mol. The quantitative estimate of drug-likeness (QED) is 0.387. The Kier molecular flexibility index (Phi) is 4.94. The van der Waals surface area contributed by atoms with Gasteiger partial charge in [0.05, 0.1) is 4.88 Å². The van der Waals surface area contributed by atoms with Crippen LogP contribution in [0.15, 0.2) is 29.6 Å². The smallest absolute Gasteiger partial charge is 0.174 e. The number of benzene rings is 1. The average molecular weight is 451 g/mol. The first-order valence-electron chi connectivity index (χ1n) is 6.78. The number of halogens is 3. The Hall–Kier alpha value is -0.100. The molecule has 1 aromatic carbocycles. The molecule has 1 aliphatic rings. The molecule has 1 saturated carbocycles. The van der Waals surface area contributed by atoms with E-state index in [2.05, 4.69) is 22.6 Å². The standard InChI is InChI=1S/C16H13Cl2IOS/c17-11-2-1-3-12(18)15(11)10-5-4-9(10)8-14(20)16-13(19)6-7-21-16/h1-3,6-7,9-10H,4-5,8H2/t9-,10-/m0/s1. The number of rotatable bonds is 4. The number of hydrogen-bond donors (Lipinski definition) is 0. The van der Waals surface area contributed by atoms with Crippen molar-refractivity contribution in [2.24, 2.45) is 5.92 Å². The number of ketones is 1. The number of Topliss-reactive ketones (excluding diaryl/α,β-unsaturated/α-hetero) is 1. The van der Waals surface area contributed by atoms with Gasteiger partial charge in [-0.15, -0.1) is 11.3 Å².